The average Bonchev–Trinajstić information content (AvgIpc) is 2.86. The quantitative estimate of drug-likeness (QED) is 0.711. The third-order valence-electron chi connectivity index (χ3n) is 3.55. The van der Waals surface area contributed by atoms with Gasteiger partial charge in [-0.3, -0.25) is 4.79 Å². The van der Waals surface area contributed by atoms with E-state index in [1.807, 2.05) is 0 Å². The highest BCUT2D eigenvalue weighted by molar-refractivity contribution is 7.22. The van der Waals surface area contributed by atoms with Gasteiger partial charge in [-0.2, -0.15) is 13.2 Å². The van der Waals surface area contributed by atoms with Crippen molar-refractivity contribution in [2.24, 2.45) is 0 Å². The number of amides is 1. The summed E-state index contributed by atoms with van der Waals surface area (Å²) in [6.45, 7) is 3.15. The molecule has 3 N–H and O–H groups in total. The van der Waals surface area contributed by atoms with Gasteiger partial charge in [0.2, 0.25) is 5.91 Å². The normalized spacial score (nSPS) is 11.7. The topological polar surface area (TPSA) is 80.9 Å². The molecule has 1 amide bonds. The number of anilines is 2. The van der Waals surface area contributed by atoms with Gasteiger partial charge in [-0.1, -0.05) is 11.3 Å². The fraction of sp³-hybridized carbons (Fsp3) is 0.188. The smallest absolute Gasteiger partial charge is 0.383 e. The Bertz CT molecular complexity index is 981. The number of halogens is 3. The third-order valence-corrected chi connectivity index (χ3v) is 4.49. The maximum absolute atomic E-state index is 13.1. The second kappa shape index (κ2) is 5.99. The Morgan fingerprint density at radius 2 is 2.00 bits per heavy atom. The summed E-state index contributed by atoms with van der Waals surface area (Å²) in [5.74, 6) is -0.797. The van der Waals surface area contributed by atoms with Crippen LogP contribution in [0.1, 0.15) is 18.1 Å². The molecule has 5 nitrogen and oxygen atoms in total. The molecule has 0 bridgehead atoms. The highest BCUT2D eigenvalue weighted by Crippen LogP contribution is 2.37. The van der Waals surface area contributed by atoms with Gasteiger partial charge in [0.15, 0.2) is 5.13 Å². The summed E-state index contributed by atoms with van der Waals surface area (Å²) in [4.78, 5) is 19.1. The second-order valence-electron chi connectivity index (χ2n) is 5.49. The lowest BCUT2D eigenvalue weighted by Gasteiger charge is -2.12. The van der Waals surface area contributed by atoms with Crippen LogP contribution in [0.5, 0.6) is 0 Å². The molecular formula is C16H13F3N4OS. The van der Waals surface area contributed by atoms with E-state index < -0.39 is 17.6 Å². The van der Waals surface area contributed by atoms with Crippen LogP contribution in [0.3, 0.4) is 0 Å². The zero-order valence-corrected chi connectivity index (χ0v) is 14.0. The Morgan fingerprint density at radius 3 is 2.64 bits per heavy atom. The van der Waals surface area contributed by atoms with E-state index in [1.54, 1.807) is 19.1 Å². The predicted molar refractivity (Wildman–Crippen MR) is 91.3 cm³/mol. The van der Waals surface area contributed by atoms with E-state index in [1.165, 1.54) is 24.5 Å². The molecule has 0 saturated heterocycles. The van der Waals surface area contributed by atoms with Crippen molar-refractivity contribution < 1.29 is 18.0 Å². The van der Waals surface area contributed by atoms with Crippen molar-refractivity contribution in [1.29, 1.82) is 0 Å². The summed E-state index contributed by atoms with van der Waals surface area (Å²) in [5.41, 5.74) is 6.71. The van der Waals surface area contributed by atoms with Crippen LogP contribution in [0, 0.1) is 6.92 Å². The first-order valence-corrected chi connectivity index (χ1v) is 7.98. The molecular weight excluding hydrogens is 353 g/mol. The lowest BCUT2D eigenvalue weighted by atomic mass is 10.00. The van der Waals surface area contributed by atoms with E-state index in [9.17, 15) is 18.0 Å². The van der Waals surface area contributed by atoms with Gasteiger partial charge in [0.1, 0.15) is 5.82 Å². The first-order chi connectivity index (χ1) is 11.6. The number of pyridine rings is 1. The van der Waals surface area contributed by atoms with E-state index >= 15 is 0 Å². The third kappa shape index (κ3) is 3.41. The average molecular weight is 366 g/mol. The summed E-state index contributed by atoms with van der Waals surface area (Å²) in [5, 5.41) is 3.04. The molecule has 0 aliphatic heterocycles. The maximum atomic E-state index is 13.1. The standard InChI is InChI=1S/C16H13F3N4OS/c1-7-3-12-13(25-15(23-12)22-8(2)24)5-10(7)9-4-11(16(17,18)19)14(20)21-6-9/h3-6H,1-2H3,(H2,20,21)(H,22,23,24). The number of benzene rings is 1. The van der Waals surface area contributed by atoms with Crippen LogP contribution in [-0.2, 0) is 11.0 Å². The highest BCUT2D eigenvalue weighted by Gasteiger charge is 2.34. The minimum absolute atomic E-state index is 0.242. The molecule has 0 fully saturated rings. The van der Waals surface area contributed by atoms with E-state index in [0.29, 0.717) is 21.8 Å². The largest absolute Gasteiger partial charge is 0.419 e. The van der Waals surface area contributed by atoms with Crippen molar-refractivity contribution in [1.82, 2.24) is 9.97 Å². The van der Waals surface area contributed by atoms with Gasteiger partial charge in [-0.15, -0.1) is 0 Å². The first kappa shape index (κ1) is 17.2. The number of carbonyl (C=O) groups excluding carboxylic acids is 1. The Kier molecular flexibility index (Phi) is 4.11. The molecule has 0 spiro atoms. The van der Waals surface area contributed by atoms with Gasteiger partial charge < -0.3 is 11.1 Å². The van der Waals surface area contributed by atoms with Crippen molar-refractivity contribution in [2.75, 3.05) is 11.1 Å². The number of nitrogens with one attached hydrogen (secondary N) is 1. The SMILES string of the molecule is CC(=O)Nc1nc2cc(C)c(-c3cnc(N)c(C(F)(F)F)c3)cc2s1. The molecule has 0 unspecified atom stereocenters. The molecule has 0 saturated carbocycles. The molecule has 0 aliphatic rings. The fourth-order valence-electron chi connectivity index (χ4n) is 2.44. The van der Waals surface area contributed by atoms with E-state index in [4.69, 9.17) is 5.73 Å². The number of thiazole rings is 1. The van der Waals surface area contributed by atoms with Gasteiger partial charge in [0.25, 0.3) is 0 Å². The summed E-state index contributed by atoms with van der Waals surface area (Å²) >= 11 is 1.25. The van der Waals surface area contributed by atoms with E-state index in [2.05, 4.69) is 15.3 Å². The molecule has 1 aromatic carbocycles. The second-order valence-corrected chi connectivity index (χ2v) is 6.52. The van der Waals surface area contributed by atoms with Crippen LogP contribution in [0.25, 0.3) is 21.3 Å². The molecule has 0 radical (unpaired) electrons. The zero-order valence-electron chi connectivity index (χ0n) is 13.2. The maximum Gasteiger partial charge on any atom is 0.419 e. The van der Waals surface area contributed by atoms with Gasteiger partial charge >= 0.3 is 6.18 Å². The number of hydrogen-bond donors (Lipinski definition) is 2. The van der Waals surface area contributed by atoms with E-state index in [-0.39, 0.29) is 5.91 Å². The lowest BCUT2D eigenvalue weighted by molar-refractivity contribution is -0.137. The number of aryl methyl sites for hydroxylation is 1. The number of nitrogen functional groups attached to an aromatic ring is 1. The summed E-state index contributed by atoms with van der Waals surface area (Å²) < 4.78 is 39.9. The van der Waals surface area contributed by atoms with Crippen LogP contribution >= 0.6 is 11.3 Å². The van der Waals surface area contributed by atoms with Crippen LogP contribution in [-0.4, -0.2) is 15.9 Å². The van der Waals surface area contributed by atoms with Crippen LogP contribution in [0.4, 0.5) is 24.1 Å². The highest BCUT2D eigenvalue weighted by atomic mass is 32.1. The fourth-order valence-corrected chi connectivity index (χ4v) is 3.38. The summed E-state index contributed by atoms with van der Waals surface area (Å²) in [6, 6.07) is 4.49. The van der Waals surface area contributed by atoms with Gasteiger partial charge in [0.05, 0.1) is 15.8 Å². The lowest BCUT2D eigenvalue weighted by Crippen LogP contribution is -2.10. The number of nitrogens with zero attached hydrogens (tertiary/aromatic N) is 2. The van der Waals surface area contributed by atoms with Gasteiger partial charge in [-0.25, -0.2) is 9.97 Å². The Balaban J connectivity index is 2.12. The number of rotatable bonds is 2. The molecule has 0 aliphatic carbocycles. The Hall–Kier alpha value is -2.68. The number of fused-ring (bicyclic) bond motifs is 1. The molecule has 3 aromatic rings. The molecule has 2 aromatic heterocycles. The predicted octanol–water partition coefficient (Wildman–Crippen LogP) is 4.23. The van der Waals surface area contributed by atoms with Gasteiger partial charge in [0, 0.05) is 18.7 Å². The van der Waals surface area contributed by atoms with Crippen molar-refractivity contribution >= 4 is 38.4 Å². The Labute approximate surface area is 144 Å². The Morgan fingerprint density at radius 1 is 1.28 bits per heavy atom. The summed E-state index contributed by atoms with van der Waals surface area (Å²) in [6.07, 6.45) is -3.26. The number of alkyl halides is 3. The minimum Gasteiger partial charge on any atom is -0.383 e. The number of carbonyl (C=O) groups is 1. The summed E-state index contributed by atoms with van der Waals surface area (Å²) in [7, 11) is 0. The van der Waals surface area contributed by atoms with E-state index in [0.717, 1.165) is 16.3 Å². The molecule has 130 valence electrons. The first-order valence-electron chi connectivity index (χ1n) is 7.17. The molecule has 0 atom stereocenters. The number of nitrogens with two attached hydrogens (primary N) is 1. The van der Waals surface area contributed by atoms with Crippen molar-refractivity contribution in [3.05, 3.63) is 35.5 Å². The van der Waals surface area contributed by atoms with Crippen LogP contribution in [0.2, 0.25) is 0 Å². The molecule has 25 heavy (non-hydrogen) atoms. The van der Waals surface area contributed by atoms with Crippen molar-refractivity contribution in [2.45, 2.75) is 20.0 Å². The van der Waals surface area contributed by atoms with Gasteiger partial charge in [-0.05, 0) is 36.2 Å². The molecule has 3 rings (SSSR count). The van der Waals surface area contributed by atoms with Crippen molar-refractivity contribution in [3.8, 4) is 11.1 Å². The van der Waals surface area contributed by atoms with Crippen LogP contribution < -0.4 is 11.1 Å². The van der Waals surface area contributed by atoms with Crippen molar-refractivity contribution in [3.63, 3.8) is 0 Å². The zero-order chi connectivity index (χ0) is 18.4. The molecule has 9 heteroatoms. The minimum atomic E-state index is -4.58. The monoisotopic (exact) mass is 366 g/mol. The van der Waals surface area contributed by atoms with Crippen LogP contribution in [0.15, 0.2) is 24.4 Å². The molecule has 2 heterocycles. The number of aromatic nitrogens is 2. The number of hydrogen-bond acceptors (Lipinski definition) is 5.